The normalized spacial score (nSPS) is 25.1. The minimum atomic E-state index is -0.161. The van der Waals surface area contributed by atoms with Crippen LogP contribution < -0.4 is 5.32 Å². The van der Waals surface area contributed by atoms with Crippen molar-refractivity contribution in [3.63, 3.8) is 0 Å². The van der Waals surface area contributed by atoms with E-state index in [1.165, 1.54) is 38.2 Å². The summed E-state index contributed by atoms with van der Waals surface area (Å²) in [6.45, 7) is 4.02. The Balaban J connectivity index is 1.62. The average Bonchev–Trinajstić information content (AvgIpc) is 2.53. The van der Waals surface area contributed by atoms with Crippen LogP contribution in [-0.2, 0) is 6.54 Å². The van der Waals surface area contributed by atoms with E-state index in [0.717, 1.165) is 37.7 Å². The zero-order chi connectivity index (χ0) is 14.7. The maximum absolute atomic E-state index is 13.6. The first-order valence-corrected chi connectivity index (χ1v) is 8.92. The van der Waals surface area contributed by atoms with Crippen LogP contribution >= 0.6 is 15.9 Å². The minimum absolute atomic E-state index is 0.161. The van der Waals surface area contributed by atoms with E-state index in [2.05, 4.69) is 26.1 Å². The SMILES string of the molecule is Fc1cccc(CN2CCNC(C3CCCCC3)C2)c1Br. The van der Waals surface area contributed by atoms with Gasteiger partial charge in [0.25, 0.3) is 0 Å². The molecule has 0 bridgehead atoms. The van der Waals surface area contributed by atoms with E-state index in [1.807, 2.05) is 6.07 Å². The highest BCUT2D eigenvalue weighted by molar-refractivity contribution is 9.10. The maximum atomic E-state index is 13.6. The molecule has 0 aromatic heterocycles. The molecule has 21 heavy (non-hydrogen) atoms. The second-order valence-electron chi connectivity index (χ2n) is 6.41. The Labute approximate surface area is 135 Å². The van der Waals surface area contributed by atoms with Crippen LogP contribution in [0.15, 0.2) is 22.7 Å². The molecular formula is C17H24BrFN2. The molecule has 0 radical (unpaired) electrons. The van der Waals surface area contributed by atoms with Gasteiger partial charge in [-0.25, -0.2) is 4.39 Å². The van der Waals surface area contributed by atoms with Crippen LogP contribution in [0.5, 0.6) is 0 Å². The lowest BCUT2D eigenvalue weighted by Gasteiger charge is -2.39. The first-order valence-electron chi connectivity index (χ1n) is 8.12. The van der Waals surface area contributed by atoms with Gasteiger partial charge in [0.1, 0.15) is 5.82 Å². The maximum Gasteiger partial charge on any atom is 0.137 e. The Morgan fingerprint density at radius 2 is 2.05 bits per heavy atom. The molecule has 1 aromatic rings. The highest BCUT2D eigenvalue weighted by Crippen LogP contribution is 2.28. The van der Waals surface area contributed by atoms with Gasteiger partial charge in [-0.15, -0.1) is 0 Å². The summed E-state index contributed by atoms with van der Waals surface area (Å²) in [7, 11) is 0. The fourth-order valence-corrected chi connectivity index (χ4v) is 4.14. The molecule has 1 aromatic carbocycles. The van der Waals surface area contributed by atoms with Gasteiger partial charge in [0, 0.05) is 32.2 Å². The lowest BCUT2D eigenvalue weighted by molar-refractivity contribution is 0.140. The molecular weight excluding hydrogens is 331 g/mol. The van der Waals surface area contributed by atoms with Crippen LogP contribution in [0.4, 0.5) is 4.39 Å². The molecule has 1 aliphatic heterocycles. The van der Waals surface area contributed by atoms with Gasteiger partial charge < -0.3 is 5.32 Å². The van der Waals surface area contributed by atoms with Crippen molar-refractivity contribution in [3.8, 4) is 0 Å². The molecule has 116 valence electrons. The Morgan fingerprint density at radius 1 is 1.24 bits per heavy atom. The van der Waals surface area contributed by atoms with Crippen molar-refractivity contribution in [1.82, 2.24) is 10.2 Å². The van der Waals surface area contributed by atoms with E-state index in [4.69, 9.17) is 0 Å². The molecule has 0 spiro atoms. The molecule has 1 heterocycles. The summed E-state index contributed by atoms with van der Waals surface area (Å²) < 4.78 is 14.2. The quantitative estimate of drug-likeness (QED) is 0.884. The third-order valence-corrected chi connectivity index (χ3v) is 5.82. The molecule has 3 rings (SSSR count). The van der Waals surface area contributed by atoms with Crippen LogP contribution in [0, 0.1) is 11.7 Å². The molecule has 1 saturated carbocycles. The van der Waals surface area contributed by atoms with Gasteiger partial charge in [0.15, 0.2) is 0 Å². The topological polar surface area (TPSA) is 15.3 Å². The van der Waals surface area contributed by atoms with Crippen molar-refractivity contribution in [2.24, 2.45) is 5.92 Å². The van der Waals surface area contributed by atoms with E-state index >= 15 is 0 Å². The number of halogens is 2. The van der Waals surface area contributed by atoms with Crippen molar-refractivity contribution in [3.05, 3.63) is 34.1 Å². The van der Waals surface area contributed by atoms with Gasteiger partial charge >= 0.3 is 0 Å². The summed E-state index contributed by atoms with van der Waals surface area (Å²) in [4.78, 5) is 2.47. The van der Waals surface area contributed by atoms with Crippen LogP contribution in [0.3, 0.4) is 0 Å². The van der Waals surface area contributed by atoms with Crippen molar-refractivity contribution < 1.29 is 4.39 Å². The largest absolute Gasteiger partial charge is 0.311 e. The summed E-state index contributed by atoms with van der Waals surface area (Å²) in [5.41, 5.74) is 1.05. The predicted molar refractivity (Wildman–Crippen MR) is 87.7 cm³/mol. The number of hydrogen-bond donors (Lipinski definition) is 1. The van der Waals surface area contributed by atoms with Crippen molar-refractivity contribution in [2.45, 2.75) is 44.7 Å². The Bertz CT molecular complexity index is 474. The molecule has 4 heteroatoms. The van der Waals surface area contributed by atoms with Crippen LogP contribution in [0.1, 0.15) is 37.7 Å². The highest BCUT2D eigenvalue weighted by atomic mass is 79.9. The van der Waals surface area contributed by atoms with Crippen LogP contribution in [0.25, 0.3) is 0 Å². The zero-order valence-corrected chi connectivity index (χ0v) is 14.0. The van der Waals surface area contributed by atoms with Gasteiger partial charge in [-0.2, -0.15) is 0 Å². The second-order valence-corrected chi connectivity index (χ2v) is 7.20. The third-order valence-electron chi connectivity index (χ3n) is 4.93. The summed E-state index contributed by atoms with van der Waals surface area (Å²) in [6.07, 6.45) is 6.92. The number of benzene rings is 1. The molecule has 2 nitrogen and oxygen atoms in total. The molecule has 2 aliphatic rings. The molecule has 1 atom stereocenters. The molecule has 1 aliphatic carbocycles. The molecule has 1 unspecified atom stereocenters. The zero-order valence-electron chi connectivity index (χ0n) is 12.5. The third kappa shape index (κ3) is 3.85. The molecule has 1 N–H and O–H groups in total. The van der Waals surface area contributed by atoms with Gasteiger partial charge in [0.2, 0.25) is 0 Å². The van der Waals surface area contributed by atoms with Crippen molar-refractivity contribution in [2.75, 3.05) is 19.6 Å². The predicted octanol–water partition coefficient (Wildman–Crippen LogP) is 3.94. The average molecular weight is 355 g/mol. The summed E-state index contributed by atoms with van der Waals surface area (Å²) in [6, 6.07) is 5.95. The van der Waals surface area contributed by atoms with Crippen molar-refractivity contribution in [1.29, 1.82) is 0 Å². The van der Waals surface area contributed by atoms with Gasteiger partial charge in [-0.1, -0.05) is 31.4 Å². The van der Waals surface area contributed by atoms with Gasteiger partial charge in [0.05, 0.1) is 4.47 Å². The number of rotatable bonds is 3. The van der Waals surface area contributed by atoms with E-state index in [9.17, 15) is 4.39 Å². The number of piperazine rings is 1. The standard InChI is InChI=1S/C17H24BrFN2/c18-17-14(7-4-8-15(17)19)11-21-10-9-20-16(12-21)13-5-2-1-3-6-13/h4,7-8,13,16,20H,1-3,5-6,9-12H2. The first-order chi connectivity index (χ1) is 10.2. The lowest BCUT2D eigenvalue weighted by Crippen LogP contribution is -2.53. The van der Waals surface area contributed by atoms with Crippen molar-refractivity contribution >= 4 is 15.9 Å². The van der Waals surface area contributed by atoms with Crippen LogP contribution in [-0.4, -0.2) is 30.6 Å². The highest BCUT2D eigenvalue weighted by Gasteiger charge is 2.28. The first kappa shape index (κ1) is 15.4. The van der Waals surface area contributed by atoms with Gasteiger partial charge in [-0.05, 0) is 46.3 Å². The fraction of sp³-hybridized carbons (Fsp3) is 0.647. The smallest absolute Gasteiger partial charge is 0.137 e. The lowest BCUT2D eigenvalue weighted by atomic mass is 9.83. The monoisotopic (exact) mass is 354 g/mol. The van der Waals surface area contributed by atoms with Crippen LogP contribution in [0.2, 0.25) is 0 Å². The van der Waals surface area contributed by atoms with E-state index in [0.29, 0.717) is 10.5 Å². The van der Waals surface area contributed by atoms with E-state index in [-0.39, 0.29) is 5.82 Å². The van der Waals surface area contributed by atoms with Gasteiger partial charge in [-0.3, -0.25) is 4.90 Å². The second kappa shape index (κ2) is 7.21. The summed E-state index contributed by atoms with van der Waals surface area (Å²) in [5, 5.41) is 3.70. The summed E-state index contributed by atoms with van der Waals surface area (Å²) in [5.74, 6) is 0.670. The molecule has 1 saturated heterocycles. The fourth-order valence-electron chi connectivity index (χ4n) is 3.75. The number of nitrogens with one attached hydrogen (secondary N) is 1. The number of hydrogen-bond acceptors (Lipinski definition) is 2. The Hall–Kier alpha value is -0.450. The minimum Gasteiger partial charge on any atom is -0.311 e. The Morgan fingerprint density at radius 3 is 2.86 bits per heavy atom. The number of nitrogens with zero attached hydrogens (tertiary/aromatic N) is 1. The molecule has 0 amide bonds. The summed E-state index contributed by atoms with van der Waals surface area (Å²) >= 11 is 3.38. The molecule has 2 fully saturated rings. The Kier molecular flexibility index (Phi) is 5.30. The van der Waals surface area contributed by atoms with E-state index < -0.39 is 0 Å². The van der Waals surface area contributed by atoms with E-state index in [1.54, 1.807) is 6.07 Å².